The highest BCUT2D eigenvalue weighted by molar-refractivity contribution is 6.32. The molecule has 1 aliphatic heterocycles. The number of benzene rings is 1. The van der Waals surface area contributed by atoms with Crippen molar-refractivity contribution in [2.24, 2.45) is 0 Å². The number of rotatable bonds is 2. The number of ether oxygens (including phenoxy) is 1. The molecule has 18 heavy (non-hydrogen) atoms. The molecular formula is C12H9ClN2O3. The fourth-order valence-electron chi connectivity index (χ4n) is 1.99. The van der Waals surface area contributed by atoms with Gasteiger partial charge in [-0.1, -0.05) is 11.6 Å². The predicted molar refractivity (Wildman–Crippen MR) is 65.2 cm³/mol. The molecule has 92 valence electrons. The highest BCUT2D eigenvalue weighted by Gasteiger charge is 2.18. The maximum Gasteiger partial charge on any atom is 0.353 e. The molecule has 0 unspecified atom stereocenters. The summed E-state index contributed by atoms with van der Waals surface area (Å²) in [6.07, 6.45) is 0.805. The lowest BCUT2D eigenvalue weighted by molar-refractivity contribution is 0.0690. The van der Waals surface area contributed by atoms with Crippen molar-refractivity contribution in [1.82, 2.24) is 10.2 Å². The van der Waals surface area contributed by atoms with Gasteiger partial charge in [-0.15, -0.1) is 0 Å². The van der Waals surface area contributed by atoms with Crippen molar-refractivity contribution in [3.8, 4) is 17.0 Å². The molecule has 0 spiro atoms. The van der Waals surface area contributed by atoms with Crippen molar-refractivity contribution in [3.63, 3.8) is 0 Å². The number of nitrogens with zero attached hydrogens (tertiary/aromatic N) is 1. The molecule has 0 amide bonds. The van der Waals surface area contributed by atoms with E-state index in [1.807, 2.05) is 6.07 Å². The molecule has 0 saturated heterocycles. The largest absolute Gasteiger partial charge is 0.491 e. The van der Waals surface area contributed by atoms with Crippen LogP contribution in [0.4, 0.5) is 0 Å². The third-order valence-electron chi connectivity index (χ3n) is 2.84. The molecule has 0 atom stereocenters. The lowest BCUT2D eigenvalue weighted by Crippen LogP contribution is -1.95. The highest BCUT2D eigenvalue weighted by atomic mass is 35.5. The molecule has 0 radical (unpaired) electrons. The summed E-state index contributed by atoms with van der Waals surface area (Å²) in [7, 11) is 0. The molecule has 2 heterocycles. The van der Waals surface area contributed by atoms with Crippen LogP contribution in [0.15, 0.2) is 18.2 Å². The van der Waals surface area contributed by atoms with E-state index in [1.165, 1.54) is 6.07 Å². The first-order valence-electron chi connectivity index (χ1n) is 5.39. The minimum absolute atomic E-state index is 0.0536. The second-order valence-corrected chi connectivity index (χ2v) is 4.42. The standard InChI is InChI=1S/C12H9ClN2O3/c13-8-4-7(3-6-1-2-18-11(6)8)9-5-10(12(16)17)15-14-9/h3-5H,1-2H2,(H,14,15)(H,16,17). The fourth-order valence-corrected chi connectivity index (χ4v) is 2.28. The highest BCUT2D eigenvalue weighted by Crippen LogP contribution is 2.37. The first kappa shape index (κ1) is 11.1. The topological polar surface area (TPSA) is 75.2 Å². The van der Waals surface area contributed by atoms with Gasteiger partial charge in [-0.25, -0.2) is 4.79 Å². The lowest BCUT2D eigenvalue weighted by atomic mass is 10.1. The van der Waals surface area contributed by atoms with Gasteiger partial charge in [-0.2, -0.15) is 5.10 Å². The summed E-state index contributed by atoms with van der Waals surface area (Å²) in [5, 5.41) is 15.8. The number of halogens is 1. The van der Waals surface area contributed by atoms with Crippen LogP contribution in [0.25, 0.3) is 11.3 Å². The second kappa shape index (κ2) is 4.03. The molecule has 6 heteroatoms. The van der Waals surface area contributed by atoms with Crippen LogP contribution in [0, 0.1) is 0 Å². The third-order valence-corrected chi connectivity index (χ3v) is 3.12. The number of aromatic amines is 1. The van der Waals surface area contributed by atoms with Gasteiger partial charge in [0.15, 0.2) is 0 Å². The molecule has 1 aliphatic rings. The van der Waals surface area contributed by atoms with Crippen molar-refractivity contribution in [2.45, 2.75) is 6.42 Å². The van der Waals surface area contributed by atoms with Gasteiger partial charge in [0.25, 0.3) is 0 Å². The molecule has 0 fully saturated rings. The Kier molecular flexibility index (Phi) is 2.48. The Hall–Kier alpha value is -2.01. The van der Waals surface area contributed by atoms with Crippen LogP contribution in [0.2, 0.25) is 5.02 Å². The van der Waals surface area contributed by atoms with Gasteiger partial charge in [-0.05, 0) is 23.8 Å². The number of H-pyrrole nitrogens is 1. The molecule has 3 rings (SSSR count). The van der Waals surface area contributed by atoms with E-state index in [9.17, 15) is 4.79 Å². The smallest absolute Gasteiger partial charge is 0.353 e. The Balaban J connectivity index is 2.06. The van der Waals surface area contributed by atoms with Crippen LogP contribution >= 0.6 is 11.6 Å². The van der Waals surface area contributed by atoms with E-state index < -0.39 is 5.97 Å². The Bertz CT molecular complexity index is 636. The molecule has 5 nitrogen and oxygen atoms in total. The van der Waals surface area contributed by atoms with Gasteiger partial charge < -0.3 is 9.84 Å². The van der Waals surface area contributed by atoms with E-state index in [0.29, 0.717) is 17.3 Å². The average molecular weight is 265 g/mol. The SMILES string of the molecule is O=C(O)c1cc(-c2cc(Cl)c3c(c2)CCO3)n[nH]1. The molecule has 0 bridgehead atoms. The number of carbonyl (C=O) groups is 1. The van der Waals surface area contributed by atoms with E-state index in [2.05, 4.69) is 10.2 Å². The van der Waals surface area contributed by atoms with Crippen LogP contribution in [0.1, 0.15) is 16.1 Å². The van der Waals surface area contributed by atoms with E-state index in [4.69, 9.17) is 21.4 Å². The summed E-state index contributed by atoms with van der Waals surface area (Å²) < 4.78 is 5.41. The zero-order valence-electron chi connectivity index (χ0n) is 9.24. The predicted octanol–water partition coefficient (Wildman–Crippen LogP) is 2.36. The van der Waals surface area contributed by atoms with Crippen LogP contribution < -0.4 is 4.74 Å². The van der Waals surface area contributed by atoms with Gasteiger partial charge in [0, 0.05) is 12.0 Å². The summed E-state index contributed by atoms with van der Waals surface area (Å²) in [5.74, 6) is -0.321. The van der Waals surface area contributed by atoms with Gasteiger partial charge >= 0.3 is 5.97 Å². The Morgan fingerprint density at radius 2 is 2.28 bits per heavy atom. The second-order valence-electron chi connectivity index (χ2n) is 4.02. The van der Waals surface area contributed by atoms with Crippen LogP contribution in [-0.4, -0.2) is 27.9 Å². The molecule has 0 saturated carbocycles. The maximum absolute atomic E-state index is 10.8. The molecule has 0 aliphatic carbocycles. The van der Waals surface area contributed by atoms with Crippen molar-refractivity contribution in [2.75, 3.05) is 6.61 Å². The summed E-state index contributed by atoms with van der Waals surface area (Å²) >= 11 is 6.11. The summed E-state index contributed by atoms with van der Waals surface area (Å²) in [6.45, 7) is 0.624. The minimum Gasteiger partial charge on any atom is -0.491 e. The number of aromatic nitrogens is 2. The van der Waals surface area contributed by atoms with Gasteiger partial charge in [-0.3, -0.25) is 5.10 Å². The van der Waals surface area contributed by atoms with E-state index in [1.54, 1.807) is 6.07 Å². The van der Waals surface area contributed by atoms with Crippen molar-refractivity contribution < 1.29 is 14.6 Å². The quantitative estimate of drug-likeness (QED) is 0.873. The zero-order valence-corrected chi connectivity index (χ0v) is 9.99. The van der Waals surface area contributed by atoms with Crippen LogP contribution in [0.5, 0.6) is 5.75 Å². The Morgan fingerprint density at radius 1 is 1.44 bits per heavy atom. The van der Waals surface area contributed by atoms with E-state index in [0.717, 1.165) is 23.3 Å². The molecule has 2 N–H and O–H groups in total. The minimum atomic E-state index is -1.04. The van der Waals surface area contributed by atoms with Crippen LogP contribution in [0.3, 0.4) is 0 Å². The van der Waals surface area contributed by atoms with Gasteiger partial charge in [0.05, 0.1) is 17.3 Å². The van der Waals surface area contributed by atoms with Crippen LogP contribution in [-0.2, 0) is 6.42 Å². The number of aromatic carboxylic acids is 1. The molecular weight excluding hydrogens is 256 g/mol. The zero-order chi connectivity index (χ0) is 12.7. The number of carboxylic acids is 1. The Morgan fingerprint density at radius 3 is 3.00 bits per heavy atom. The monoisotopic (exact) mass is 264 g/mol. The molecule has 2 aromatic rings. The summed E-state index contributed by atoms with van der Waals surface area (Å²) in [5.41, 5.74) is 2.42. The normalized spacial score (nSPS) is 13.2. The number of nitrogens with one attached hydrogen (secondary N) is 1. The average Bonchev–Trinajstić information content (AvgIpc) is 2.97. The van der Waals surface area contributed by atoms with Crippen molar-refractivity contribution >= 4 is 17.6 Å². The fraction of sp³-hybridized carbons (Fsp3) is 0.167. The van der Waals surface area contributed by atoms with Crippen molar-refractivity contribution in [1.29, 1.82) is 0 Å². The maximum atomic E-state index is 10.8. The number of fused-ring (bicyclic) bond motifs is 1. The number of carboxylic acid groups (broad SMARTS) is 1. The first-order chi connectivity index (χ1) is 8.65. The Labute approximate surface area is 107 Å². The number of hydrogen-bond donors (Lipinski definition) is 2. The molecule has 1 aromatic heterocycles. The lowest BCUT2D eigenvalue weighted by Gasteiger charge is -2.04. The first-order valence-corrected chi connectivity index (χ1v) is 5.77. The molecule has 1 aromatic carbocycles. The van der Waals surface area contributed by atoms with E-state index >= 15 is 0 Å². The van der Waals surface area contributed by atoms with Crippen molar-refractivity contribution in [3.05, 3.63) is 34.5 Å². The van der Waals surface area contributed by atoms with E-state index in [-0.39, 0.29) is 5.69 Å². The third kappa shape index (κ3) is 1.73. The summed E-state index contributed by atoms with van der Waals surface area (Å²) in [6, 6.07) is 5.14. The summed E-state index contributed by atoms with van der Waals surface area (Å²) in [4.78, 5) is 10.8. The number of hydrogen-bond acceptors (Lipinski definition) is 3. The van der Waals surface area contributed by atoms with Gasteiger partial charge in [0.1, 0.15) is 11.4 Å². The van der Waals surface area contributed by atoms with Gasteiger partial charge in [0.2, 0.25) is 0 Å².